The van der Waals surface area contributed by atoms with E-state index in [0.717, 1.165) is 12.0 Å². The molecule has 1 aliphatic heterocycles. The quantitative estimate of drug-likeness (QED) is 0.469. The van der Waals surface area contributed by atoms with Crippen molar-refractivity contribution in [3.8, 4) is 17.2 Å². The van der Waals surface area contributed by atoms with Crippen LogP contribution in [0.3, 0.4) is 0 Å². The third-order valence-corrected chi connectivity index (χ3v) is 6.67. The third kappa shape index (κ3) is 4.92. The minimum Gasteiger partial charge on any atom is -0.504 e. The van der Waals surface area contributed by atoms with Crippen molar-refractivity contribution in [2.24, 2.45) is 4.99 Å². The number of thiazole rings is 1. The van der Waals surface area contributed by atoms with Crippen LogP contribution in [0, 0.1) is 0 Å². The normalized spacial score (nSPS) is 15.3. The maximum absolute atomic E-state index is 13.7. The molecular formula is C27H28N2O6S. The van der Waals surface area contributed by atoms with Crippen LogP contribution in [0.4, 0.5) is 0 Å². The van der Waals surface area contributed by atoms with Gasteiger partial charge in [-0.15, -0.1) is 0 Å². The van der Waals surface area contributed by atoms with Gasteiger partial charge in [0.05, 0.1) is 42.2 Å². The number of fused-ring (bicyclic) bond motifs is 1. The first-order valence-corrected chi connectivity index (χ1v) is 12.5. The second-order valence-corrected chi connectivity index (χ2v) is 9.16. The lowest BCUT2D eigenvalue weighted by atomic mass is 9.96. The van der Waals surface area contributed by atoms with Crippen molar-refractivity contribution in [3.05, 3.63) is 84.5 Å². The van der Waals surface area contributed by atoms with Crippen molar-refractivity contribution in [2.75, 3.05) is 20.3 Å². The van der Waals surface area contributed by atoms with Gasteiger partial charge in [-0.1, -0.05) is 36.5 Å². The zero-order chi connectivity index (χ0) is 25.8. The molecule has 0 spiro atoms. The lowest BCUT2D eigenvalue weighted by Crippen LogP contribution is -2.39. The highest BCUT2D eigenvalue weighted by Gasteiger charge is 2.33. The van der Waals surface area contributed by atoms with E-state index in [4.69, 9.17) is 14.2 Å². The first kappa shape index (κ1) is 25.2. The van der Waals surface area contributed by atoms with Crippen molar-refractivity contribution in [1.82, 2.24) is 4.57 Å². The smallest absolute Gasteiger partial charge is 0.338 e. The van der Waals surface area contributed by atoms with Crippen LogP contribution in [0.5, 0.6) is 17.2 Å². The molecule has 0 aliphatic carbocycles. The van der Waals surface area contributed by atoms with Gasteiger partial charge in [0.25, 0.3) is 5.56 Å². The van der Waals surface area contributed by atoms with Crippen LogP contribution in [-0.2, 0) is 9.53 Å². The van der Waals surface area contributed by atoms with E-state index in [1.54, 1.807) is 32.1 Å². The molecule has 1 N–H and O–H groups in total. The average molecular weight is 509 g/mol. The van der Waals surface area contributed by atoms with E-state index >= 15 is 0 Å². The summed E-state index contributed by atoms with van der Waals surface area (Å²) in [6, 6.07) is 11.5. The van der Waals surface area contributed by atoms with Crippen LogP contribution >= 0.6 is 11.3 Å². The van der Waals surface area contributed by atoms with Gasteiger partial charge in [-0.2, -0.15) is 0 Å². The highest BCUT2D eigenvalue weighted by molar-refractivity contribution is 7.07. The summed E-state index contributed by atoms with van der Waals surface area (Å²) in [6.07, 6.45) is 2.61. The Bertz CT molecular complexity index is 1480. The second kappa shape index (κ2) is 10.8. The van der Waals surface area contributed by atoms with E-state index in [2.05, 4.69) is 4.99 Å². The largest absolute Gasteiger partial charge is 0.504 e. The van der Waals surface area contributed by atoms with Crippen LogP contribution < -0.4 is 24.4 Å². The van der Waals surface area contributed by atoms with Crippen LogP contribution in [0.1, 0.15) is 44.4 Å². The van der Waals surface area contributed by atoms with Gasteiger partial charge in [-0.3, -0.25) is 9.36 Å². The van der Waals surface area contributed by atoms with Gasteiger partial charge in [0.1, 0.15) is 5.75 Å². The molecule has 1 aromatic heterocycles. The number of carbonyl (C=O) groups is 1. The summed E-state index contributed by atoms with van der Waals surface area (Å²) in [4.78, 5) is 31.7. The van der Waals surface area contributed by atoms with Crippen molar-refractivity contribution in [1.29, 1.82) is 0 Å². The maximum Gasteiger partial charge on any atom is 0.338 e. The number of hydrogen-bond donors (Lipinski definition) is 1. The molecule has 0 saturated heterocycles. The Morgan fingerprint density at radius 3 is 2.61 bits per heavy atom. The zero-order valence-corrected chi connectivity index (χ0v) is 21.4. The standard InChI is InChI=1S/C27H28N2O6S/c1-5-13-35-19-10-8-18(9-11-19)24-23(26(32)34-6-2)16(3)28-27-29(24)25(31)22(36-27)15-17-7-12-20(30)21(14-17)33-4/h7-12,14-15,24,30H,5-6,13H2,1-4H3. The van der Waals surface area contributed by atoms with E-state index in [9.17, 15) is 14.7 Å². The molecule has 0 bridgehead atoms. The number of methoxy groups -OCH3 is 1. The molecule has 188 valence electrons. The number of carbonyl (C=O) groups excluding carboxylic acids is 1. The van der Waals surface area contributed by atoms with E-state index in [-0.39, 0.29) is 17.9 Å². The number of ether oxygens (including phenoxy) is 3. The predicted molar refractivity (Wildman–Crippen MR) is 137 cm³/mol. The number of aromatic nitrogens is 1. The number of phenols is 1. The third-order valence-electron chi connectivity index (χ3n) is 5.69. The molecule has 0 radical (unpaired) electrons. The molecule has 1 aliphatic rings. The molecular weight excluding hydrogens is 480 g/mol. The number of benzene rings is 2. The second-order valence-electron chi connectivity index (χ2n) is 8.15. The van der Waals surface area contributed by atoms with Gasteiger partial charge in [0, 0.05) is 0 Å². The van der Waals surface area contributed by atoms with E-state index in [1.165, 1.54) is 29.1 Å². The maximum atomic E-state index is 13.7. The van der Waals surface area contributed by atoms with E-state index in [1.807, 2.05) is 31.2 Å². The molecule has 8 nitrogen and oxygen atoms in total. The fourth-order valence-corrected chi connectivity index (χ4v) is 5.06. The number of esters is 1. The summed E-state index contributed by atoms with van der Waals surface area (Å²) >= 11 is 1.23. The van der Waals surface area contributed by atoms with Gasteiger partial charge in [-0.25, -0.2) is 9.79 Å². The van der Waals surface area contributed by atoms with Gasteiger partial charge >= 0.3 is 5.97 Å². The number of rotatable bonds is 8. The highest BCUT2D eigenvalue weighted by atomic mass is 32.1. The van der Waals surface area contributed by atoms with Crippen LogP contribution in [-0.4, -0.2) is 36.0 Å². The number of hydrogen-bond acceptors (Lipinski definition) is 8. The first-order chi connectivity index (χ1) is 17.4. The SMILES string of the molecule is CCCOc1ccc(C2C(C(=O)OCC)=C(C)N=c3sc(=Cc4ccc(O)c(OC)c4)c(=O)n32)cc1. The van der Waals surface area contributed by atoms with Crippen molar-refractivity contribution in [2.45, 2.75) is 33.2 Å². The number of aromatic hydroxyl groups is 1. The number of allylic oxidation sites excluding steroid dienone is 1. The molecule has 0 amide bonds. The molecule has 0 fully saturated rings. The summed E-state index contributed by atoms with van der Waals surface area (Å²) in [6.45, 7) is 6.33. The lowest BCUT2D eigenvalue weighted by molar-refractivity contribution is -0.139. The fourth-order valence-electron chi connectivity index (χ4n) is 4.01. The van der Waals surface area contributed by atoms with Crippen molar-refractivity contribution >= 4 is 23.4 Å². The van der Waals surface area contributed by atoms with Gasteiger partial charge in [0.2, 0.25) is 0 Å². The molecule has 0 saturated carbocycles. The molecule has 1 atom stereocenters. The monoisotopic (exact) mass is 508 g/mol. The zero-order valence-electron chi connectivity index (χ0n) is 20.6. The highest BCUT2D eigenvalue weighted by Crippen LogP contribution is 2.32. The summed E-state index contributed by atoms with van der Waals surface area (Å²) in [5.41, 5.74) is 1.98. The van der Waals surface area contributed by atoms with Gasteiger partial charge in [-0.05, 0) is 61.7 Å². The van der Waals surface area contributed by atoms with Crippen molar-refractivity contribution < 1.29 is 24.1 Å². The Morgan fingerprint density at radius 1 is 1.19 bits per heavy atom. The lowest BCUT2D eigenvalue weighted by Gasteiger charge is -2.24. The molecule has 3 aromatic rings. The Hall–Kier alpha value is -3.85. The molecule has 1 unspecified atom stereocenters. The topological polar surface area (TPSA) is 99.4 Å². The molecule has 2 aromatic carbocycles. The minimum absolute atomic E-state index is 0.0113. The fraction of sp³-hybridized carbons (Fsp3) is 0.296. The van der Waals surface area contributed by atoms with Crippen LogP contribution in [0.2, 0.25) is 0 Å². The summed E-state index contributed by atoms with van der Waals surface area (Å²) in [7, 11) is 1.46. The number of nitrogens with zero attached hydrogens (tertiary/aromatic N) is 2. The minimum atomic E-state index is -0.697. The summed E-state index contributed by atoms with van der Waals surface area (Å²) in [5.74, 6) is 0.526. The first-order valence-electron chi connectivity index (χ1n) is 11.7. The average Bonchev–Trinajstić information content (AvgIpc) is 3.17. The molecule has 36 heavy (non-hydrogen) atoms. The molecule has 4 rings (SSSR count). The van der Waals surface area contributed by atoms with E-state index < -0.39 is 12.0 Å². The van der Waals surface area contributed by atoms with Crippen LogP contribution in [0.15, 0.2) is 63.5 Å². The molecule has 2 heterocycles. The van der Waals surface area contributed by atoms with Crippen LogP contribution in [0.25, 0.3) is 6.08 Å². The van der Waals surface area contributed by atoms with Gasteiger partial charge < -0.3 is 19.3 Å². The Kier molecular flexibility index (Phi) is 7.59. The summed E-state index contributed by atoms with van der Waals surface area (Å²) < 4.78 is 18.2. The van der Waals surface area contributed by atoms with Gasteiger partial charge in [0.15, 0.2) is 16.3 Å². The Balaban J connectivity index is 1.87. The Labute approximate surface area is 212 Å². The van der Waals surface area contributed by atoms with Crippen molar-refractivity contribution in [3.63, 3.8) is 0 Å². The van der Waals surface area contributed by atoms with E-state index in [0.29, 0.717) is 44.3 Å². The number of phenolic OH excluding ortho intramolecular Hbond substituents is 1. The summed E-state index contributed by atoms with van der Waals surface area (Å²) in [5, 5.41) is 9.89. The molecule has 9 heteroatoms. The predicted octanol–water partition coefficient (Wildman–Crippen LogP) is 3.30. The Morgan fingerprint density at radius 2 is 1.94 bits per heavy atom.